The van der Waals surface area contributed by atoms with Gasteiger partial charge in [0.15, 0.2) is 0 Å². The molecule has 2 aliphatic rings. The minimum atomic E-state index is -0.111. The summed E-state index contributed by atoms with van der Waals surface area (Å²) < 4.78 is 5.81. The SMILES string of the molecule is CC(NCCOC1CCCCC1)C(=O)NC1CC1. The topological polar surface area (TPSA) is 50.4 Å². The average molecular weight is 254 g/mol. The number of rotatable bonds is 7. The number of nitrogens with one attached hydrogen (secondary N) is 2. The van der Waals surface area contributed by atoms with E-state index >= 15 is 0 Å². The number of amides is 1. The maximum Gasteiger partial charge on any atom is 0.237 e. The van der Waals surface area contributed by atoms with Crippen LogP contribution in [0.15, 0.2) is 0 Å². The molecule has 2 N–H and O–H groups in total. The van der Waals surface area contributed by atoms with E-state index in [-0.39, 0.29) is 11.9 Å². The van der Waals surface area contributed by atoms with Gasteiger partial charge in [0.25, 0.3) is 0 Å². The van der Waals surface area contributed by atoms with Crippen molar-refractivity contribution in [1.29, 1.82) is 0 Å². The third kappa shape index (κ3) is 4.94. The van der Waals surface area contributed by atoms with Crippen molar-refractivity contribution in [2.24, 2.45) is 0 Å². The fourth-order valence-corrected chi connectivity index (χ4v) is 2.38. The second-order valence-corrected chi connectivity index (χ2v) is 5.59. The second-order valence-electron chi connectivity index (χ2n) is 5.59. The smallest absolute Gasteiger partial charge is 0.237 e. The van der Waals surface area contributed by atoms with Crippen LogP contribution in [0.5, 0.6) is 0 Å². The van der Waals surface area contributed by atoms with Crippen LogP contribution in [-0.4, -0.2) is 37.2 Å². The Labute approximate surface area is 110 Å². The molecule has 2 rings (SSSR count). The van der Waals surface area contributed by atoms with Gasteiger partial charge < -0.3 is 15.4 Å². The largest absolute Gasteiger partial charge is 0.377 e. The Bertz CT molecular complexity index is 261. The molecule has 0 spiro atoms. The molecule has 4 nitrogen and oxygen atoms in total. The molecule has 0 radical (unpaired) electrons. The molecule has 0 aromatic heterocycles. The van der Waals surface area contributed by atoms with Crippen LogP contribution in [0.25, 0.3) is 0 Å². The first-order valence-corrected chi connectivity index (χ1v) is 7.41. The summed E-state index contributed by atoms with van der Waals surface area (Å²) in [5.74, 6) is 0.121. The van der Waals surface area contributed by atoms with Crippen molar-refractivity contribution in [2.75, 3.05) is 13.2 Å². The molecule has 0 bridgehead atoms. The summed E-state index contributed by atoms with van der Waals surface area (Å²) >= 11 is 0. The fourth-order valence-electron chi connectivity index (χ4n) is 2.38. The average Bonchev–Trinajstić information content (AvgIpc) is 3.19. The summed E-state index contributed by atoms with van der Waals surface area (Å²) in [5.41, 5.74) is 0. The fraction of sp³-hybridized carbons (Fsp3) is 0.929. The Balaban J connectivity index is 1.49. The quantitative estimate of drug-likeness (QED) is 0.678. The van der Waals surface area contributed by atoms with Crippen molar-refractivity contribution in [3.05, 3.63) is 0 Å². The van der Waals surface area contributed by atoms with Crippen LogP contribution >= 0.6 is 0 Å². The molecule has 2 saturated carbocycles. The van der Waals surface area contributed by atoms with E-state index in [9.17, 15) is 4.79 Å². The molecule has 0 aliphatic heterocycles. The molecule has 0 saturated heterocycles. The lowest BCUT2D eigenvalue weighted by atomic mass is 9.98. The van der Waals surface area contributed by atoms with Gasteiger partial charge >= 0.3 is 0 Å². The highest BCUT2D eigenvalue weighted by Gasteiger charge is 2.25. The number of hydrogen-bond acceptors (Lipinski definition) is 3. The lowest BCUT2D eigenvalue weighted by Crippen LogP contribution is -2.44. The number of ether oxygens (including phenoxy) is 1. The molecule has 1 atom stereocenters. The Morgan fingerprint density at radius 3 is 2.61 bits per heavy atom. The standard InChI is InChI=1S/C14H26N2O2/c1-11(14(17)16-12-7-8-12)15-9-10-18-13-5-3-2-4-6-13/h11-13,15H,2-10H2,1H3,(H,16,17). The first-order chi connectivity index (χ1) is 8.75. The zero-order chi connectivity index (χ0) is 12.8. The van der Waals surface area contributed by atoms with E-state index < -0.39 is 0 Å². The van der Waals surface area contributed by atoms with Gasteiger partial charge in [-0.1, -0.05) is 19.3 Å². The lowest BCUT2D eigenvalue weighted by molar-refractivity contribution is -0.122. The zero-order valence-electron chi connectivity index (χ0n) is 11.4. The van der Waals surface area contributed by atoms with Crippen LogP contribution in [0, 0.1) is 0 Å². The van der Waals surface area contributed by atoms with Crippen molar-refractivity contribution in [2.45, 2.75) is 70.1 Å². The number of carbonyl (C=O) groups is 1. The van der Waals surface area contributed by atoms with Crippen LogP contribution in [-0.2, 0) is 9.53 Å². The maximum atomic E-state index is 11.7. The molecule has 104 valence electrons. The molecular formula is C14H26N2O2. The Hall–Kier alpha value is -0.610. The van der Waals surface area contributed by atoms with E-state index in [0.29, 0.717) is 18.8 Å². The predicted molar refractivity (Wildman–Crippen MR) is 71.5 cm³/mol. The van der Waals surface area contributed by atoms with Gasteiger partial charge in [0.1, 0.15) is 0 Å². The minimum absolute atomic E-state index is 0.111. The highest BCUT2D eigenvalue weighted by Crippen LogP contribution is 2.20. The van der Waals surface area contributed by atoms with Gasteiger partial charge in [-0.3, -0.25) is 4.79 Å². The monoisotopic (exact) mass is 254 g/mol. The second kappa shape index (κ2) is 7.10. The first kappa shape index (κ1) is 13.8. The molecule has 18 heavy (non-hydrogen) atoms. The molecule has 4 heteroatoms. The third-order valence-corrected chi connectivity index (χ3v) is 3.78. The zero-order valence-corrected chi connectivity index (χ0v) is 11.4. The van der Waals surface area contributed by atoms with Gasteiger partial charge in [0.2, 0.25) is 5.91 Å². The van der Waals surface area contributed by atoms with E-state index in [0.717, 1.165) is 19.4 Å². The Kier molecular flexibility index (Phi) is 5.45. The summed E-state index contributed by atoms with van der Waals surface area (Å²) in [4.78, 5) is 11.7. The predicted octanol–water partition coefficient (Wildman–Crippen LogP) is 1.59. The molecule has 1 unspecified atom stereocenters. The first-order valence-electron chi connectivity index (χ1n) is 7.41. The summed E-state index contributed by atoms with van der Waals surface area (Å²) in [6.07, 6.45) is 9.12. The van der Waals surface area contributed by atoms with Crippen LogP contribution in [0.3, 0.4) is 0 Å². The van der Waals surface area contributed by atoms with Crippen LogP contribution < -0.4 is 10.6 Å². The van der Waals surface area contributed by atoms with Crippen molar-refractivity contribution in [3.63, 3.8) is 0 Å². The summed E-state index contributed by atoms with van der Waals surface area (Å²) in [6, 6.07) is 0.334. The van der Waals surface area contributed by atoms with Crippen molar-refractivity contribution >= 4 is 5.91 Å². The highest BCUT2D eigenvalue weighted by molar-refractivity contribution is 5.81. The maximum absolute atomic E-state index is 11.7. The summed E-state index contributed by atoms with van der Waals surface area (Å²) in [6.45, 7) is 3.39. The van der Waals surface area contributed by atoms with Crippen LogP contribution in [0.2, 0.25) is 0 Å². The summed E-state index contributed by atoms with van der Waals surface area (Å²) in [7, 11) is 0. The van der Waals surface area contributed by atoms with E-state index in [2.05, 4.69) is 10.6 Å². The molecule has 0 aromatic rings. The van der Waals surface area contributed by atoms with Gasteiger partial charge in [0, 0.05) is 12.6 Å². The van der Waals surface area contributed by atoms with E-state index in [1.165, 1.54) is 32.1 Å². The lowest BCUT2D eigenvalue weighted by Gasteiger charge is -2.22. The normalized spacial score (nSPS) is 22.7. The van der Waals surface area contributed by atoms with Crippen molar-refractivity contribution in [3.8, 4) is 0 Å². The van der Waals surface area contributed by atoms with Gasteiger partial charge in [-0.2, -0.15) is 0 Å². The van der Waals surface area contributed by atoms with Gasteiger partial charge in [-0.25, -0.2) is 0 Å². The van der Waals surface area contributed by atoms with Crippen LogP contribution in [0.4, 0.5) is 0 Å². The highest BCUT2D eigenvalue weighted by atomic mass is 16.5. The van der Waals surface area contributed by atoms with Gasteiger partial charge in [-0.05, 0) is 32.6 Å². The number of hydrogen-bond donors (Lipinski definition) is 2. The molecule has 0 heterocycles. The van der Waals surface area contributed by atoms with Crippen molar-refractivity contribution < 1.29 is 9.53 Å². The molecule has 1 amide bonds. The molecule has 2 aliphatic carbocycles. The third-order valence-electron chi connectivity index (χ3n) is 3.78. The van der Waals surface area contributed by atoms with E-state index in [1.807, 2.05) is 6.92 Å². The molecular weight excluding hydrogens is 228 g/mol. The summed E-state index contributed by atoms with van der Waals surface area (Å²) in [5, 5.41) is 6.22. The Morgan fingerprint density at radius 2 is 1.94 bits per heavy atom. The van der Waals surface area contributed by atoms with Gasteiger partial charge in [-0.15, -0.1) is 0 Å². The minimum Gasteiger partial charge on any atom is -0.377 e. The number of carbonyl (C=O) groups excluding carboxylic acids is 1. The van der Waals surface area contributed by atoms with E-state index in [4.69, 9.17) is 4.74 Å². The van der Waals surface area contributed by atoms with Crippen molar-refractivity contribution in [1.82, 2.24) is 10.6 Å². The van der Waals surface area contributed by atoms with Crippen LogP contribution in [0.1, 0.15) is 51.9 Å². The Morgan fingerprint density at radius 1 is 1.22 bits per heavy atom. The van der Waals surface area contributed by atoms with E-state index in [1.54, 1.807) is 0 Å². The molecule has 0 aromatic carbocycles. The van der Waals surface area contributed by atoms with Gasteiger partial charge in [0.05, 0.1) is 18.8 Å². The molecule has 2 fully saturated rings.